The van der Waals surface area contributed by atoms with E-state index in [4.69, 9.17) is 5.26 Å². The summed E-state index contributed by atoms with van der Waals surface area (Å²) in [6.07, 6.45) is 0. The number of carbonyl (C=O) groups excluding carboxylic acids is 1. The van der Waals surface area contributed by atoms with Crippen LogP contribution in [-0.2, 0) is 4.79 Å². The minimum atomic E-state index is -0.127. The first-order valence-electron chi connectivity index (χ1n) is 5.54. The van der Waals surface area contributed by atoms with Crippen LogP contribution < -0.4 is 5.32 Å². The highest BCUT2D eigenvalue weighted by Gasteiger charge is 2.14. The molecule has 1 amide bonds. The number of thiazole rings is 1. The molecule has 4 nitrogen and oxygen atoms in total. The summed E-state index contributed by atoms with van der Waals surface area (Å²) in [6.45, 7) is 1.47. The van der Waals surface area contributed by atoms with E-state index in [1.807, 2.05) is 30.3 Å². The summed E-state index contributed by atoms with van der Waals surface area (Å²) >= 11 is 2.76. The molecule has 2 rings (SSSR count). The third-order valence-corrected chi connectivity index (χ3v) is 4.19. The Morgan fingerprint density at radius 2 is 2.21 bits per heavy atom. The molecule has 0 radical (unpaired) electrons. The molecule has 2 aromatic rings. The molecule has 0 saturated carbocycles. The van der Waals surface area contributed by atoms with Gasteiger partial charge in [-0.1, -0.05) is 53.4 Å². The third kappa shape index (κ3) is 3.56. The van der Waals surface area contributed by atoms with E-state index in [2.05, 4.69) is 16.4 Å². The smallest absolute Gasteiger partial charge is 0.221 e. The van der Waals surface area contributed by atoms with E-state index in [-0.39, 0.29) is 5.91 Å². The van der Waals surface area contributed by atoms with E-state index < -0.39 is 0 Å². The second-order valence-electron chi connectivity index (χ2n) is 3.65. The van der Waals surface area contributed by atoms with E-state index in [0.717, 1.165) is 20.6 Å². The fourth-order valence-corrected chi connectivity index (χ4v) is 3.27. The molecule has 96 valence electrons. The molecular weight excluding hydrogens is 278 g/mol. The predicted octanol–water partition coefficient (Wildman–Crippen LogP) is 3.38. The van der Waals surface area contributed by atoms with Gasteiger partial charge >= 0.3 is 0 Å². The Balaban J connectivity index is 2.37. The standard InChI is InChI=1S/C13H11N3OS2/c1-9(17)15-12-11(10-5-3-2-4-6-10)16-13(19-12)18-8-7-14/h2-6H,8H2,1H3,(H,15,17). The molecule has 0 spiro atoms. The van der Waals surface area contributed by atoms with Crippen molar-refractivity contribution < 1.29 is 4.79 Å². The molecule has 0 aliphatic carbocycles. The number of anilines is 1. The zero-order chi connectivity index (χ0) is 13.7. The molecule has 0 saturated heterocycles. The maximum Gasteiger partial charge on any atom is 0.221 e. The first-order valence-corrected chi connectivity index (χ1v) is 7.34. The summed E-state index contributed by atoms with van der Waals surface area (Å²) in [5, 5.41) is 12.1. The molecule has 0 atom stereocenters. The summed E-state index contributed by atoms with van der Waals surface area (Å²) in [6, 6.07) is 11.7. The Hall–Kier alpha value is -1.84. The number of thioether (sulfide) groups is 1. The molecule has 6 heteroatoms. The summed E-state index contributed by atoms with van der Waals surface area (Å²) in [4.78, 5) is 15.7. The lowest BCUT2D eigenvalue weighted by Crippen LogP contribution is -2.05. The lowest BCUT2D eigenvalue weighted by molar-refractivity contribution is -0.114. The van der Waals surface area contributed by atoms with Crippen molar-refractivity contribution in [2.45, 2.75) is 11.3 Å². The van der Waals surface area contributed by atoms with E-state index in [1.165, 1.54) is 30.0 Å². The number of rotatable bonds is 4. The number of benzene rings is 1. The van der Waals surface area contributed by atoms with Gasteiger partial charge in [-0.3, -0.25) is 4.79 Å². The molecule has 19 heavy (non-hydrogen) atoms. The molecule has 0 fully saturated rings. The number of nitrogens with zero attached hydrogens (tertiary/aromatic N) is 2. The monoisotopic (exact) mass is 289 g/mol. The van der Waals surface area contributed by atoms with Crippen LogP contribution in [0.25, 0.3) is 11.3 Å². The molecule has 0 bridgehead atoms. The quantitative estimate of drug-likeness (QED) is 0.876. The van der Waals surface area contributed by atoms with Crippen molar-refractivity contribution in [3.05, 3.63) is 30.3 Å². The highest BCUT2D eigenvalue weighted by Crippen LogP contribution is 2.37. The van der Waals surface area contributed by atoms with Crippen LogP contribution in [0.3, 0.4) is 0 Å². The maximum atomic E-state index is 11.2. The van der Waals surface area contributed by atoms with Gasteiger partial charge in [0.05, 0.1) is 11.8 Å². The highest BCUT2D eigenvalue weighted by molar-refractivity contribution is 8.01. The van der Waals surface area contributed by atoms with Gasteiger partial charge in [-0.05, 0) is 0 Å². The summed E-state index contributed by atoms with van der Waals surface area (Å²) in [5.41, 5.74) is 1.70. The van der Waals surface area contributed by atoms with Crippen molar-refractivity contribution >= 4 is 34.0 Å². The molecule has 1 heterocycles. The summed E-state index contributed by atoms with van der Waals surface area (Å²) in [5.74, 6) is 0.221. The van der Waals surface area contributed by atoms with E-state index >= 15 is 0 Å². The van der Waals surface area contributed by atoms with Gasteiger partial charge in [0, 0.05) is 12.5 Å². The number of carbonyl (C=O) groups is 1. The number of hydrogen-bond acceptors (Lipinski definition) is 5. The first-order chi connectivity index (χ1) is 9.20. The Bertz CT molecular complexity index is 617. The van der Waals surface area contributed by atoms with Crippen LogP contribution in [0.15, 0.2) is 34.7 Å². The largest absolute Gasteiger partial charge is 0.316 e. The predicted molar refractivity (Wildman–Crippen MR) is 78.2 cm³/mol. The minimum absolute atomic E-state index is 0.127. The van der Waals surface area contributed by atoms with Gasteiger partial charge < -0.3 is 5.32 Å². The number of nitrogens with one attached hydrogen (secondary N) is 1. The lowest BCUT2D eigenvalue weighted by atomic mass is 10.2. The van der Waals surface area contributed by atoms with Crippen molar-refractivity contribution in [1.29, 1.82) is 5.26 Å². The van der Waals surface area contributed by atoms with Gasteiger partial charge in [-0.15, -0.1) is 0 Å². The molecule has 0 aliphatic heterocycles. The van der Waals surface area contributed by atoms with Gasteiger partial charge in [-0.25, -0.2) is 4.98 Å². The lowest BCUT2D eigenvalue weighted by Gasteiger charge is -2.01. The number of nitriles is 1. The highest BCUT2D eigenvalue weighted by atomic mass is 32.2. The normalized spacial score (nSPS) is 9.89. The van der Waals surface area contributed by atoms with Crippen LogP contribution in [-0.4, -0.2) is 16.6 Å². The Morgan fingerprint density at radius 1 is 1.47 bits per heavy atom. The van der Waals surface area contributed by atoms with Gasteiger partial charge in [0.2, 0.25) is 5.91 Å². The average molecular weight is 289 g/mol. The zero-order valence-corrected chi connectivity index (χ0v) is 11.8. The van der Waals surface area contributed by atoms with Crippen molar-refractivity contribution in [3.63, 3.8) is 0 Å². The average Bonchev–Trinajstić information content (AvgIpc) is 2.79. The zero-order valence-electron chi connectivity index (χ0n) is 10.2. The fraction of sp³-hybridized carbons (Fsp3) is 0.154. The first kappa shape index (κ1) is 13.6. The van der Waals surface area contributed by atoms with Crippen molar-refractivity contribution in [2.24, 2.45) is 0 Å². The molecule has 1 aromatic carbocycles. The van der Waals surface area contributed by atoms with Crippen LogP contribution in [0.4, 0.5) is 5.00 Å². The minimum Gasteiger partial charge on any atom is -0.316 e. The Kier molecular flexibility index (Phi) is 4.55. The Morgan fingerprint density at radius 3 is 2.84 bits per heavy atom. The van der Waals surface area contributed by atoms with Gasteiger partial charge in [0.25, 0.3) is 0 Å². The summed E-state index contributed by atoms with van der Waals surface area (Å²) in [7, 11) is 0. The summed E-state index contributed by atoms with van der Waals surface area (Å²) < 4.78 is 0.782. The number of hydrogen-bond donors (Lipinski definition) is 1. The van der Waals surface area contributed by atoms with Gasteiger partial charge in [-0.2, -0.15) is 5.26 Å². The van der Waals surface area contributed by atoms with E-state index in [9.17, 15) is 4.79 Å². The second kappa shape index (κ2) is 6.36. The molecular formula is C13H11N3OS2. The number of aromatic nitrogens is 1. The van der Waals surface area contributed by atoms with Crippen LogP contribution in [0.2, 0.25) is 0 Å². The molecule has 1 N–H and O–H groups in total. The van der Waals surface area contributed by atoms with E-state index in [0.29, 0.717) is 5.75 Å². The van der Waals surface area contributed by atoms with Crippen molar-refractivity contribution in [2.75, 3.05) is 11.1 Å². The molecule has 1 aromatic heterocycles. The van der Waals surface area contributed by atoms with Crippen molar-refractivity contribution in [1.82, 2.24) is 4.98 Å². The van der Waals surface area contributed by atoms with Crippen LogP contribution in [0.1, 0.15) is 6.92 Å². The topological polar surface area (TPSA) is 65.8 Å². The van der Waals surface area contributed by atoms with Crippen LogP contribution >= 0.6 is 23.1 Å². The van der Waals surface area contributed by atoms with Crippen LogP contribution in [0, 0.1) is 11.3 Å². The number of amides is 1. The van der Waals surface area contributed by atoms with Crippen LogP contribution in [0.5, 0.6) is 0 Å². The SMILES string of the molecule is CC(=O)Nc1sc(SCC#N)nc1-c1ccccc1. The van der Waals surface area contributed by atoms with Crippen molar-refractivity contribution in [3.8, 4) is 17.3 Å². The Labute approximate surface area is 119 Å². The fourth-order valence-electron chi connectivity index (χ4n) is 1.49. The van der Waals surface area contributed by atoms with Gasteiger partial charge in [0.15, 0.2) is 4.34 Å². The van der Waals surface area contributed by atoms with E-state index in [1.54, 1.807) is 0 Å². The maximum absolute atomic E-state index is 11.2. The second-order valence-corrected chi connectivity index (χ2v) is 5.87. The van der Waals surface area contributed by atoms with Gasteiger partial charge in [0.1, 0.15) is 10.7 Å². The molecule has 0 aliphatic rings. The molecule has 0 unspecified atom stereocenters. The third-order valence-electron chi connectivity index (χ3n) is 2.20.